The predicted molar refractivity (Wildman–Crippen MR) is 58.5 cm³/mol. The Kier molecular flexibility index (Phi) is 3.35. The Morgan fingerprint density at radius 2 is 2.28 bits per heavy atom. The van der Waals surface area contributed by atoms with Gasteiger partial charge < -0.3 is 9.63 Å². The van der Waals surface area contributed by atoms with Gasteiger partial charge >= 0.3 is 5.97 Å². The smallest absolute Gasteiger partial charge is 0.352 e. The van der Waals surface area contributed by atoms with Crippen LogP contribution < -0.4 is 0 Å². The van der Waals surface area contributed by atoms with Gasteiger partial charge in [-0.2, -0.15) is 10.1 Å². The number of hydrogen-bond acceptors (Lipinski definition) is 6. The van der Waals surface area contributed by atoms with E-state index in [2.05, 4.69) is 15.2 Å². The lowest BCUT2D eigenvalue weighted by molar-refractivity contribution is -0.133. The first-order chi connectivity index (χ1) is 8.60. The molecule has 1 aliphatic rings. The molecule has 0 unspecified atom stereocenters. The van der Waals surface area contributed by atoms with Gasteiger partial charge in [-0.15, -0.1) is 0 Å². The third-order valence-corrected chi connectivity index (χ3v) is 2.46. The van der Waals surface area contributed by atoms with Gasteiger partial charge in [0.15, 0.2) is 5.82 Å². The quantitative estimate of drug-likeness (QED) is 0.819. The fraction of sp³-hybridized carbons (Fsp3) is 0.500. The lowest BCUT2D eigenvalue weighted by Gasteiger charge is -2.20. The van der Waals surface area contributed by atoms with E-state index >= 15 is 0 Å². The Bertz CT molecular complexity index is 508. The zero-order valence-corrected chi connectivity index (χ0v) is 9.79. The lowest BCUT2D eigenvalue weighted by atomic mass is 10.2. The highest BCUT2D eigenvalue weighted by Gasteiger charge is 2.25. The van der Waals surface area contributed by atoms with Crippen LogP contribution in [0.5, 0.6) is 0 Å². The standard InChI is InChI=1S/C10H12N4O4/c1-2-8-11-7(13-18-8)5-14-9(15)4-3-6(12-14)10(16)17/h2-5H2,1H3,(H,16,17). The number of aryl methyl sites for hydroxylation is 1. The van der Waals surface area contributed by atoms with Crippen molar-refractivity contribution in [2.45, 2.75) is 32.7 Å². The Balaban J connectivity index is 2.13. The van der Waals surface area contributed by atoms with Crippen molar-refractivity contribution in [3.63, 3.8) is 0 Å². The van der Waals surface area contributed by atoms with Crippen molar-refractivity contribution in [2.24, 2.45) is 5.10 Å². The molecule has 1 aliphatic heterocycles. The molecule has 2 rings (SSSR count). The van der Waals surface area contributed by atoms with E-state index in [4.69, 9.17) is 9.63 Å². The molecule has 0 spiro atoms. The molecular weight excluding hydrogens is 240 g/mol. The molecule has 0 aromatic carbocycles. The van der Waals surface area contributed by atoms with Gasteiger partial charge in [0.25, 0.3) is 0 Å². The van der Waals surface area contributed by atoms with Crippen LogP contribution >= 0.6 is 0 Å². The second-order valence-corrected chi connectivity index (χ2v) is 3.76. The minimum Gasteiger partial charge on any atom is -0.477 e. The number of carbonyl (C=O) groups is 2. The van der Waals surface area contributed by atoms with Gasteiger partial charge in [-0.05, 0) is 0 Å². The summed E-state index contributed by atoms with van der Waals surface area (Å²) in [4.78, 5) is 26.4. The highest BCUT2D eigenvalue weighted by Crippen LogP contribution is 2.12. The number of amides is 1. The van der Waals surface area contributed by atoms with E-state index in [9.17, 15) is 9.59 Å². The minimum absolute atomic E-state index is 0.0269. The summed E-state index contributed by atoms with van der Waals surface area (Å²) in [7, 11) is 0. The molecule has 0 atom stereocenters. The maximum absolute atomic E-state index is 11.6. The number of rotatable bonds is 4. The van der Waals surface area contributed by atoms with E-state index in [0.29, 0.717) is 18.1 Å². The van der Waals surface area contributed by atoms with Gasteiger partial charge in [0.05, 0.1) is 0 Å². The molecule has 18 heavy (non-hydrogen) atoms. The lowest BCUT2D eigenvalue weighted by Crippen LogP contribution is -2.34. The summed E-state index contributed by atoms with van der Waals surface area (Å²) in [5.41, 5.74) is -0.0335. The number of carbonyl (C=O) groups excluding carboxylic acids is 1. The fourth-order valence-electron chi connectivity index (χ4n) is 1.51. The Morgan fingerprint density at radius 1 is 1.50 bits per heavy atom. The average Bonchev–Trinajstić information content (AvgIpc) is 2.79. The summed E-state index contributed by atoms with van der Waals surface area (Å²) in [5.74, 6) is -0.579. The van der Waals surface area contributed by atoms with Gasteiger partial charge in [-0.25, -0.2) is 9.80 Å². The van der Waals surface area contributed by atoms with Gasteiger partial charge in [0.2, 0.25) is 11.8 Å². The molecule has 1 N–H and O–H groups in total. The Labute approximate surface area is 102 Å². The molecular formula is C10H12N4O4. The molecule has 1 amide bonds. The van der Waals surface area contributed by atoms with Gasteiger partial charge in [-0.3, -0.25) is 4.79 Å². The largest absolute Gasteiger partial charge is 0.477 e. The van der Waals surface area contributed by atoms with E-state index < -0.39 is 5.97 Å². The minimum atomic E-state index is -1.12. The SMILES string of the molecule is CCc1nc(CN2N=C(C(=O)O)CCC2=O)no1. The Hall–Kier alpha value is -2.25. The van der Waals surface area contributed by atoms with Crippen LogP contribution in [-0.2, 0) is 22.6 Å². The van der Waals surface area contributed by atoms with E-state index in [-0.39, 0.29) is 31.0 Å². The van der Waals surface area contributed by atoms with Crippen molar-refractivity contribution in [2.75, 3.05) is 0 Å². The molecule has 0 aliphatic carbocycles. The van der Waals surface area contributed by atoms with E-state index in [1.807, 2.05) is 6.92 Å². The zero-order chi connectivity index (χ0) is 13.1. The molecule has 0 radical (unpaired) electrons. The first kappa shape index (κ1) is 12.2. The maximum Gasteiger partial charge on any atom is 0.352 e. The molecule has 2 heterocycles. The van der Waals surface area contributed by atoms with Crippen LogP contribution in [0.3, 0.4) is 0 Å². The molecule has 8 nitrogen and oxygen atoms in total. The topological polar surface area (TPSA) is 109 Å². The predicted octanol–water partition coefficient (Wildman–Crippen LogP) is 0.195. The molecule has 1 aromatic rings. The number of carboxylic acid groups (broad SMARTS) is 1. The van der Waals surface area contributed by atoms with Crippen LogP contribution in [-0.4, -0.2) is 37.8 Å². The number of aromatic nitrogens is 2. The Morgan fingerprint density at radius 3 is 2.89 bits per heavy atom. The molecule has 96 valence electrons. The van der Waals surface area contributed by atoms with Crippen molar-refractivity contribution in [3.05, 3.63) is 11.7 Å². The average molecular weight is 252 g/mol. The summed E-state index contributed by atoms with van der Waals surface area (Å²) < 4.78 is 4.90. The normalized spacial score (nSPS) is 15.7. The number of carboxylic acids is 1. The number of hydrogen-bond donors (Lipinski definition) is 1. The van der Waals surface area contributed by atoms with Crippen molar-refractivity contribution in [1.82, 2.24) is 15.1 Å². The molecule has 0 saturated carbocycles. The number of aliphatic carboxylic acids is 1. The van der Waals surface area contributed by atoms with Gasteiger partial charge in [-0.1, -0.05) is 12.1 Å². The summed E-state index contributed by atoms with van der Waals surface area (Å²) in [6.45, 7) is 1.89. The monoisotopic (exact) mass is 252 g/mol. The zero-order valence-electron chi connectivity index (χ0n) is 9.79. The first-order valence-corrected chi connectivity index (χ1v) is 5.52. The molecule has 0 bridgehead atoms. The summed E-state index contributed by atoms with van der Waals surface area (Å²) in [6.07, 6.45) is 0.880. The third kappa shape index (κ3) is 2.53. The maximum atomic E-state index is 11.6. The van der Waals surface area contributed by atoms with E-state index in [1.165, 1.54) is 0 Å². The molecule has 0 saturated heterocycles. The summed E-state index contributed by atoms with van der Waals surface area (Å²) in [6, 6.07) is 0. The van der Waals surface area contributed by atoms with Crippen LogP contribution in [0.25, 0.3) is 0 Å². The van der Waals surface area contributed by atoms with Crippen LogP contribution in [0.4, 0.5) is 0 Å². The third-order valence-electron chi connectivity index (χ3n) is 2.46. The molecule has 8 heteroatoms. The van der Waals surface area contributed by atoms with Crippen LogP contribution in [0.15, 0.2) is 9.62 Å². The molecule has 1 aromatic heterocycles. The summed E-state index contributed by atoms with van der Waals surface area (Å²) in [5, 5.41) is 17.4. The van der Waals surface area contributed by atoms with E-state index in [1.54, 1.807) is 0 Å². The van der Waals surface area contributed by atoms with E-state index in [0.717, 1.165) is 5.01 Å². The fourth-order valence-corrected chi connectivity index (χ4v) is 1.51. The highest BCUT2D eigenvalue weighted by atomic mass is 16.5. The van der Waals surface area contributed by atoms with Crippen LogP contribution in [0, 0.1) is 0 Å². The highest BCUT2D eigenvalue weighted by molar-refractivity contribution is 6.36. The van der Waals surface area contributed by atoms with Crippen LogP contribution in [0.1, 0.15) is 31.5 Å². The van der Waals surface area contributed by atoms with Gasteiger partial charge in [0.1, 0.15) is 12.3 Å². The van der Waals surface area contributed by atoms with Crippen molar-refractivity contribution in [3.8, 4) is 0 Å². The molecule has 0 fully saturated rings. The second-order valence-electron chi connectivity index (χ2n) is 3.76. The number of hydrazone groups is 1. The van der Waals surface area contributed by atoms with Crippen molar-refractivity contribution in [1.29, 1.82) is 0 Å². The summed E-state index contributed by atoms with van der Waals surface area (Å²) >= 11 is 0. The van der Waals surface area contributed by atoms with Gasteiger partial charge in [0, 0.05) is 19.3 Å². The van der Waals surface area contributed by atoms with Crippen molar-refractivity contribution < 1.29 is 19.2 Å². The van der Waals surface area contributed by atoms with Crippen LogP contribution in [0.2, 0.25) is 0 Å². The second kappa shape index (κ2) is 4.94. The first-order valence-electron chi connectivity index (χ1n) is 5.52. The van der Waals surface area contributed by atoms with Crippen molar-refractivity contribution >= 4 is 17.6 Å². The number of nitrogens with zero attached hydrogens (tertiary/aromatic N) is 4.